The number of anilines is 1. The summed E-state index contributed by atoms with van der Waals surface area (Å²) in [6.45, 7) is 0.628. The Morgan fingerprint density at radius 1 is 1.17 bits per heavy atom. The van der Waals surface area contributed by atoms with Gasteiger partial charge in [-0.15, -0.1) is 0 Å². The maximum absolute atomic E-state index is 12.8. The van der Waals surface area contributed by atoms with Gasteiger partial charge in [0.15, 0.2) is 0 Å². The first kappa shape index (κ1) is 16.6. The second kappa shape index (κ2) is 7.46. The Hall–Kier alpha value is -2.80. The number of carbonyl (C=O) groups is 1. The topological polar surface area (TPSA) is 75.5 Å². The minimum atomic E-state index is -0.455. The van der Waals surface area contributed by atoms with E-state index in [4.69, 9.17) is 0 Å². The Morgan fingerprint density at radius 3 is 2.35 bits per heavy atom. The van der Waals surface area contributed by atoms with Gasteiger partial charge in [-0.3, -0.25) is 19.8 Å². The van der Waals surface area contributed by atoms with Gasteiger partial charge < -0.3 is 5.32 Å². The molecule has 0 aromatic heterocycles. The van der Waals surface area contributed by atoms with E-state index >= 15 is 0 Å². The van der Waals surface area contributed by atoms with Crippen LogP contribution in [0.5, 0.6) is 0 Å². The molecule has 0 fully saturated rings. The van der Waals surface area contributed by atoms with E-state index in [1.807, 2.05) is 0 Å². The summed E-state index contributed by atoms with van der Waals surface area (Å²) in [6, 6.07) is 11.7. The van der Waals surface area contributed by atoms with Gasteiger partial charge in [-0.05, 0) is 36.9 Å². The molecule has 0 saturated carbocycles. The second-order valence-electron chi connectivity index (χ2n) is 5.15. The highest BCUT2D eigenvalue weighted by Gasteiger charge is 2.09. The number of nitro benzene ring substituents is 1. The fourth-order valence-electron chi connectivity index (χ4n) is 2.07. The summed E-state index contributed by atoms with van der Waals surface area (Å²) in [6.07, 6.45) is 0. The van der Waals surface area contributed by atoms with Crippen molar-refractivity contribution in [2.45, 2.75) is 6.54 Å². The van der Waals surface area contributed by atoms with Crippen molar-refractivity contribution in [1.29, 1.82) is 0 Å². The van der Waals surface area contributed by atoms with E-state index in [1.165, 1.54) is 36.4 Å². The molecule has 6 nitrogen and oxygen atoms in total. The zero-order valence-electron chi connectivity index (χ0n) is 12.5. The molecule has 0 aliphatic heterocycles. The normalized spacial score (nSPS) is 10.6. The zero-order chi connectivity index (χ0) is 16.8. The number of hydrogen-bond acceptors (Lipinski definition) is 4. The van der Waals surface area contributed by atoms with Gasteiger partial charge in [0.1, 0.15) is 5.82 Å². The summed E-state index contributed by atoms with van der Waals surface area (Å²) in [5.74, 6) is -0.584. The lowest BCUT2D eigenvalue weighted by atomic mass is 10.2. The first-order valence-electron chi connectivity index (χ1n) is 6.91. The largest absolute Gasteiger partial charge is 0.325 e. The molecule has 1 amide bonds. The van der Waals surface area contributed by atoms with Gasteiger partial charge in [0, 0.05) is 24.4 Å². The lowest BCUT2D eigenvalue weighted by Gasteiger charge is -2.16. The highest BCUT2D eigenvalue weighted by Crippen LogP contribution is 2.13. The summed E-state index contributed by atoms with van der Waals surface area (Å²) < 4.78 is 12.8. The summed E-state index contributed by atoms with van der Waals surface area (Å²) >= 11 is 0. The summed E-state index contributed by atoms with van der Waals surface area (Å²) in [5.41, 5.74) is 1.43. The van der Waals surface area contributed by atoms with Crippen molar-refractivity contribution in [1.82, 2.24) is 4.90 Å². The molecule has 2 aromatic carbocycles. The van der Waals surface area contributed by atoms with Crippen molar-refractivity contribution >= 4 is 17.3 Å². The van der Waals surface area contributed by atoms with Crippen molar-refractivity contribution in [3.8, 4) is 0 Å². The first-order valence-corrected chi connectivity index (χ1v) is 6.91. The van der Waals surface area contributed by atoms with Crippen LogP contribution in [-0.4, -0.2) is 29.3 Å². The molecule has 0 heterocycles. The maximum Gasteiger partial charge on any atom is 0.269 e. The Morgan fingerprint density at radius 2 is 1.78 bits per heavy atom. The van der Waals surface area contributed by atoms with Gasteiger partial charge in [-0.2, -0.15) is 0 Å². The van der Waals surface area contributed by atoms with Gasteiger partial charge >= 0.3 is 0 Å². The Bertz CT molecular complexity index is 687. The molecule has 2 aromatic rings. The standard InChI is InChI=1S/C16H16FN3O3/c1-19(10-12-2-8-15(9-3-12)20(22)23)11-16(21)18-14-6-4-13(17)5-7-14/h2-9H,10-11H2,1H3,(H,18,21). The van der Waals surface area contributed by atoms with E-state index in [9.17, 15) is 19.3 Å². The van der Waals surface area contributed by atoms with Crippen LogP contribution >= 0.6 is 0 Å². The lowest BCUT2D eigenvalue weighted by Crippen LogP contribution is -2.29. The number of likely N-dealkylation sites (N-methyl/N-ethyl adjacent to an activating group) is 1. The van der Waals surface area contributed by atoms with Crippen molar-refractivity contribution in [3.05, 3.63) is 70.0 Å². The molecule has 0 atom stereocenters. The van der Waals surface area contributed by atoms with Crippen LogP contribution in [-0.2, 0) is 11.3 Å². The Kier molecular flexibility index (Phi) is 5.37. The number of nitro groups is 1. The van der Waals surface area contributed by atoms with Crippen molar-refractivity contribution < 1.29 is 14.1 Å². The van der Waals surface area contributed by atoms with Gasteiger partial charge in [-0.1, -0.05) is 12.1 Å². The van der Waals surface area contributed by atoms with Crippen LogP contribution in [0.3, 0.4) is 0 Å². The smallest absolute Gasteiger partial charge is 0.269 e. The minimum absolute atomic E-state index is 0.0328. The third-order valence-electron chi connectivity index (χ3n) is 3.14. The molecule has 0 aliphatic carbocycles. The van der Waals surface area contributed by atoms with Crippen LogP contribution in [0.4, 0.5) is 15.8 Å². The van der Waals surface area contributed by atoms with E-state index in [0.29, 0.717) is 12.2 Å². The molecular formula is C16H16FN3O3. The van der Waals surface area contributed by atoms with Gasteiger partial charge in [0.05, 0.1) is 11.5 Å². The highest BCUT2D eigenvalue weighted by molar-refractivity contribution is 5.92. The lowest BCUT2D eigenvalue weighted by molar-refractivity contribution is -0.384. The fourth-order valence-corrected chi connectivity index (χ4v) is 2.07. The molecule has 0 aliphatic rings. The van der Waals surface area contributed by atoms with Gasteiger partial charge in [0.25, 0.3) is 5.69 Å². The summed E-state index contributed by atoms with van der Waals surface area (Å²) in [4.78, 5) is 23.8. The predicted octanol–water partition coefficient (Wildman–Crippen LogP) is 2.80. The number of nitrogens with zero attached hydrogens (tertiary/aromatic N) is 2. The van der Waals surface area contributed by atoms with Crippen LogP contribution in [0.15, 0.2) is 48.5 Å². The number of nitrogens with one attached hydrogen (secondary N) is 1. The van der Waals surface area contributed by atoms with E-state index in [0.717, 1.165) is 5.56 Å². The zero-order valence-corrected chi connectivity index (χ0v) is 12.5. The molecule has 1 N–H and O–H groups in total. The minimum Gasteiger partial charge on any atom is -0.325 e. The van der Waals surface area contributed by atoms with Gasteiger partial charge in [0.2, 0.25) is 5.91 Å². The van der Waals surface area contributed by atoms with Crippen molar-refractivity contribution in [3.63, 3.8) is 0 Å². The van der Waals surface area contributed by atoms with Crippen LogP contribution in [0.25, 0.3) is 0 Å². The quantitative estimate of drug-likeness (QED) is 0.656. The molecule has 0 bridgehead atoms. The molecule has 120 valence electrons. The van der Waals surface area contributed by atoms with Crippen LogP contribution < -0.4 is 5.32 Å². The molecule has 0 saturated heterocycles. The molecule has 23 heavy (non-hydrogen) atoms. The molecular weight excluding hydrogens is 301 g/mol. The van der Waals surface area contributed by atoms with Gasteiger partial charge in [-0.25, -0.2) is 4.39 Å². The molecule has 0 unspecified atom stereocenters. The maximum atomic E-state index is 12.8. The Labute approximate surface area is 132 Å². The predicted molar refractivity (Wildman–Crippen MR) is 84.5 cm³/mol. The molecule has 7 heteroatoms. The molecule has 2 rings (SSSR count). The number of non-ortho nitro benzene ring substituents is 1. The highest BCUT2D eigenvalue weighted by atomic mass is 19.1. The number of hydrogen-bond donors (Lipinski definition) is 1. The third-order valence-corrected chi connectivity index (χ3v) is 3.14. The fraction of sp³-hybridized carbons (Fsp3) is 0.188. The number of halogens is 1. The second-order valence-corrected chi connectivity index (χ2v) is 5.15. The van der Waals surface area contributed by atoms with E-state index in [2.05, 4.69) is 5.32 Å². The van der Waals surface area contributed by atoms with E-state index in [-0.39, 0.29) is 24.0 Å². The van der Waals surface area contributed by atoms with E-state index in [1.54, 1.807) is 24.1 Å². The summed E-state index contributed by atoms with van der Waals surface area (Å²) in [5, 5.41) is 13.3. The van der Waals surface area contributed by atoms with Crippen LogP contribution in [0, 0.1) is 15.9 Å². The molecule has 0 radical (unpaired) electrons. The number of benzene rings is 2. The number of rotatable bonds is 6. The number of carbonyl (C=O) groups excluding carboxylic acids is 1. The Balaban J connectivity index is 1.86. The van der Waals surface area contributed by atoms with Crippen LogP contribution in [0.1, 0.15) is 5.56 Å². The average molecular weight is 317 g/mol. The average Bonchev–Trinajstić information content (AvgIpc) is 2.50. The van der Waals surface area contributed by atoms with Crippen LogP contribution in [0.2, 0.25) is 0 Å². The third kappa shape index (κ3) is 5.15. The summed E-state index contributed by atoms with van der Waals surface area (Å²) in [7, 11) is 1.77. The monoisotopic (exact) mass is 317 g/mol. The SMILES string of the molecule is CN(CC(=O)Nc1ccc(F)cc1)Cc1ccc([N+](=O)[O-])cc1. The molecule has 0 spiro atoms. The van der Waals surface area contributed by atoms with Crippen molar-refractivity contribution in [2.75, 3.05) is 18.9 Å². The first-order chi connectivity index (χ1) is 10.9. The number of amides is 1. The van der Waals surface area contributed by atoms with Crippen molar-refractivity contribution in [2.24, 2.45) is 0 Å². The van der Waals surface area contributed by atoms with E-state index < -0.39 is 4.92 Å².